The number of fused-ring (bicyclic) bond motifs is 1. The molecule has 0 fully saturated rings. The summed E-state index contributed by atoms with van der Waals surface area (Å²) in [6.45, 7) is 4.43. The number of nitrogens with one attached hydrogen (secondary N) is 1. The van der Waals surface area contributed by atoms with E-state index in [4.69, 9.17) is 31.3 Å². The highest BCUT2D eigenvalue weighted by atomic mass is 35.5. The predicted octanol–water partition coefficient (Wildman–Crippen LogP) is 4.56. The molecule has 7 nitrogen and oxygen atoms in total. The van der Waals surface area contributed by atoms with E-state index in [9.17, 15) is 4.79 Å². The number of carbonyl (C=O) groups excluding carboxylic acids is 1. The SMILES string of the molecule is CC1=CC2=NC(=O)/C(=C\c3ccc(OCCOc4ccc(Cl)c(C)c4)cc3)C(=N)N2O1. The van der Waals surface area contributed by atoms with Gasteiger partial charge in [0.1, 0.15) is 30.5 Å². The molecule has 31 heavy (non-hydrogen) atoms. The van der Waals surface area contributed by atoms with Gasteiger partial charge in [-0.3, -0.25) is 10.2 Å². The Kier molecular flexibility index (Phi) is 5.77. The average molecular weight is 438 g/mol. The molecule has 0 unspecified atom stereocenters. The van der Waals surface area contributed by atoms with Crippen LogP contribution in [0.25, 0.3) is 6.08 Å². The number of nitrogens with zero attached hydrogens (tertiary/aromatic N) is 2. The van der Waals surface area contributed by atoms with E-state index in [0.29, 0.717) is 35.6 Å². The number of allylic oxidation sites excluding steroid dienone is 1. The van der Waals surface area contributed by atoms with Crippen LogP contribution in [0.4, 0.5) is 0 Å². The van der Waals surface area contributed by atoms with E-state index in [0.717, 1.165) is 16.9 Å². The van der Waals surface area contributed by atoms with Crippen LogP contribution < -0.4 is 9.47 Å². The molecular weight excluding hydrogens is 418 g/mol. The van der Waals surface area contributed by atoms with E-state index in [1.54, 1.807) is 49.4 Å². The van der Waals surface area contributed by atoms with Gasteiger partial charge in [-0.05, 0) is 61.4 Å². The minimum atomic E-state index is -0.472. The lowest BCUT2D eigenvalue weighted by Gasteiger charge is -2.22. The molecule has 0 bridgehead atoms. The van der Waals surface area contributed by atoms with Gasteiger partial charge in [0.2, 0.25) is 0 Å². The van der Waals surface area contributed by atoms with E-state index in [1.165, 1.54) is 5.06 Å². The fraction of sp³-hybridized carbons (Fsp3) is 0.174. The second kappa shape index (κ2) is 8.65. The Hall–Kier alpha value is -3.58. The summed E-state index contributed by atoms with van der Waals surface area (Å²) >= 11 is 6.01. The fourth-order valence-corrected chi connectivity index (χ4v) is 3.17. The zero-order valence-electron chi connectivity index (χ0n) is 17.0. The van der Waals surface area contributed by atoms with Crippen LogP contribution in [-0.2, 0) is 9.63 Å². The molecule has 0 saturated heterocycles. The van der Waals surface area contributed by atoms with E-state index < -0.39 is 5.91 Å². The topological polar surface area (TPSA) is 84.2 Å². The summed E-state index contributed by atoms with van der Waals surface area (Å²) in [5, 5.41) is 10.2. The molecule has 8 heteroatoms. The van der Waals surface area contributed by atoms with Crippen LogP contribution in [0.2, 0.25) is 5.02 Å². The number of halogens is 1. The van der Waals surface area contributed by atoms with Gasteiger partial charge >= 0.3 is 0 Å². The smallest absolute Gasteiger partial charge is 0.282 e. The van der Waals surface area contributed by atoms with Crippen molar-refractivity contribution < 1.29 is 19.1 Å². The largest absolute Gasteiger partial charge is 0.490 e. The monoisotopic (exact) mass is 437 g/mol. The summed E-state index contributed by atoms with van der Waals surface area (Å²) in [7, 11) is 0. The summed E-state index contributed by atoms with van der Waals surface area (Å²) < 4.78 is 11.4. The number of aryl methyl sites for hydroxylation is 1. The minimum absolute atomic E-state index is 0.0435. The zero-order chi connectivity index (χ0) is 22.0. The molecule has 0 saturated carbocycles. The lowest BCUT2D eigenvalue weighted by Crippen LogP contribution is -2.38. The zero-order valence-corrected chi connectivity index (χ0v) is 17.8. The van der Waals surface area contributed by atoms with E-state index in [-0.39, 0.29) is 11.4 Å². The lowest BCUT2D eigenvalue weighted by molar-refractivity contribution is -0.114. The van der Waals surface area contributed by atoms with Crippen molar-refractivity contribution in [2.24, 2.45) is 4.99 Å². The molecule has 0 spiro atoms. The summed E-state index contributed by atoms with van der Waals surface area (Å²) in [5.74, 6) is 1.80. The summed E-state index contributed by atoms with van der Waals surface area (Å²) in [5.41, 5.74) is 1.86. The Morgan fingerprint density at radius 3 is 2.48 bits per heavy atom. The van der Waals surface area contributed by atoms with Crippen molar-refractivity contribution in [2.75, 3.05) is 13.2 Å². The first-order valence-electron chi connectivity index (χ1n) is 9.62. The quantitative estimate of drug-likeness (QED) is 0.529. The molecular formula is C23H20ClN3O4. The van der Waals surface area contributed by atoms with Crippen LogP contribution in [-0.4, -0.2) is 35.9 Å². The van der Waals surface area contributed by atoms with Crippen molar-refractivity contribution >= 4 is 35.3 Å². The van der Waals surface area contributed by atoms with Crippen molar-refractivity contribution in [1.29, 1.82) is 5.41 Å². The molecule has 158 valence electrons. The Morgan fingerprint density at radius 1 is 1.10 bits per heavy atom. The van der Waals surface area contributed by atoms with Gasteiger partial charge in [-0.15, -0.1) is 5.06 Å². The van der Waals surface area contributed by atoms with Crippen molar-refractivity contribution in [3.63, 3.8) is 0 Å². The number of hydroxylamine groups is 2. The number of ether oxygens (including phenoxy) is 2. The van der Waals surface area contributed by atoms with Gasteiger partial charge in [0.25, 0.3) is 5.91 Å². The van der Waals surface area contributed by atoms with E-state index in [1.807, 2.05) is 19.1 Å². The molecule has 2 aliphatic heterocycles. The number of hydrogen-bond donors (Lipinski definition) is 1. The summed E-state index contributed by atoms with van der Waals surface area (Å²) in [4.78, 5) is 21.7. The molecule has 2 aliphatic rings. The molecule has 0 radical (unpaired) electrons. The van der Waals surface area contributed by atoms with Gasteiger partial charge < -0.3 is 14.3 Å². The first-order valence-corrected chi connectivity index (χ1v) is 10.0. The van der Waals surface area contributed by atoms with Crippen LogP contribution in [0.5, 0.6) is 11.5 Å². The molecule has 0 atom stereocenters. The average Bonchev–Trinajstić information content (AvgIpc) is 3.12. The number of amides is 1. The molecule has 2 aromatic rings. The highest BCUT2D eigenvalue weighted by Crippen LogP contribution is 2.24. The standard InChI is InChI=1S/C23H20ClN3O4/c1-14-11-18(7-8-20(14)24)30-10-9-29-17-5-3-16(4-6-17)13-19-22(25)27-21(26-23(19)28)12-15(2)31-27/h3-8,11-13,25H,9-10H2,1-2H3/b19-13-,25-22?. The maximum Gasteiger partial charge on any atom is 0.282 e. The predicted molar refractivity (Wildman–Crippen MR) is 118 cm³/mol. The third-order valence-corrected chi connectivity index (χ3v) is 5.05. The number of hydrogen-bond acceptors (Lipinski definition) is 5. The van der Waals surface area contributed by atoms with Gasteiger partial charge in [-0.1, -0.05) is 23.7 Å². The van der Waals surface area contributed by atoms with Crippen molar-refractivity contribution in [3.8, 4) is 11.5 Å². The third kappa shape index (κ3) is 4.62. The van der Waals surface area contributed by atoms with Gasteiger partial charge in [0.15, 0.2) is 11.7 Å². The van der Waals surface area contributed by atoms with Crippen LogP contribution >= 0.6 is 11.6 Å². The van der Waals surface area contributed by atoms with Gasteiger partial charge in [-0.2, -0.15) is 4.99 Å². The second-order valence-corrected chi connectivity index (χ2v) is 7.41. The highest BCUT2D eigenvalue weighted by Gasteiger charge is 2.34. The Morgan fingerprint density at radius 2 is 1.77 bits per heavy atom. The van der Waals surface area contributed by atoms with Gasteiger partial charge in [0.05, 0.1) is 5.57 Å². The number of amidine groups is 2. The number of benzene rings is 2. The van der Waals surface area contributed by atoms with Crippen molar-refractivity contribution in [2.45, 2.75) is 13.8 Å². The molecule has 4 rings (SSSR count). The van der Waals surface area contributed by atoms with Gasteiger partial charge in [0, 0.05) is 11.1 Å². The third-order valence-electron chi connectivity index (χ3n) is 4.62. The van der Waals surface area contributed by atoms with Crippen LogP contribution in [0.3, 0.4) is 0 Å². The van der Waals surface area contributed by atoms with Crippen LogP contribution in [0.1, 0.15) is 18.1 Å². The maximum absolute atomic E-state index is 12.3. The molecule has 2 heterocycles. The first-order chi connectivity index (χ1) is 14.9. The minimum Gasteiger partial charge on any atom is -0.490 e. The Balaban J connectivity index is 1.34. The van der Waals surface area contributed by atoms with Crippen molar-refractivity contribution in [1.82, 2.24) is 5.06 Å². The number of carbonyl (C=O) groups is 1. The molecule has 1 N–H and O–H groups in total. The van der Waals surface area contributed by atoms with Gasteiger partial charge in [-0.25, -0.2) is 0 Å². The molecule has 2 aromatic carbocycles. The van der Waals surface area contributed by atoms with Crippen LogP contribution in [0.15, 0.2) is 64.9 Å². The first kappa shape index (κ1) is 20.7. The molecule has 1 amide bonds. The molecule has 0 aromatic heterocycles. The Bertz CT molecular complexity index is 1140. The normalized spacial score (nSPS) is 16.6. The van der Waals surface area contributed by atoms with E-state index in [2.05, 4.69) is 4.99 Å². The number of aliphatic imine (C=N–C) groups is 1. The summed E-state index contributed by atoms with van der Waals surface area (Å²) in [6, 6.07) is 12.7. The Labute approximate surface area is 184 Å². The second-order valence-electron chi connectivity index (χ2n) is 7.00. The highest BCUT2D eigenvalue weighted by molar-refractivity contribution is 6.32. The number of rotatable bonds is 6. The van der Waals surface area contributed by atoms with Crippen LogP contribution in [0, 0.1) is 12.3 Å². The maximum atomic E-state index is 12.3. The fourth-order valence-electron chi connectivity index (χ4n) is 3.05. The summed E-state index contributed by atoms with van der Waals surface area (Å²) in [6.07, 6.45) is 3.23. The lowest BCUT2D eigenvalue weighted by atomic mass is 10.1. The van der Waals surface area contributed by atoms with E-state index >= 15 is 0 Å². The van der Waals surface area contributed by atoms with Crippen molar-refractivity contribution in [3.05, 3.63) is 76.0 Å². The molecule has 0 aliphatic carbocycles.